The molecule has 2 heterocycles. The molecule has 0 aromatic carbocycles. The Bertz CT molecular complexity index is 427. The zero-order valence-corrected chi connectivity index (χ0v) is 12.6. The summed E-state index contributed by atoms with van der Waals surface area (Å²) < 4.78 is 0. The molecule has 2 atom stereocenters. The molecule has 1 aromatic rings. The minimum Gasteiger partial charge on any atom is -0.329 e. The lowest BCUT2D eigenvalue weighted by molar-refractivity contribution is -0.380. The van der Waals surface area contributed by atoms with E-state index in [0.29, 0.717) is 18.5 Å². The number of piperidine rings is 1. The van der Waals surface area contributed by atoms with Gasteiger partial charge in [0.25, 0.3) is 0 Å². The summed E-state index contributed by atoms with van der Waals surface area (Å²) in [4.78, 5) is 12.7. The van der Waals surface area contributed by atoms with Gasteiger partial charge in [0.1, 0.15) is 0 Å². The van der Waals surface area contributed by atoms with Crippen LogP contribution in [-0.4, -0.2) is 29.0 Å². The van der Waals surface area contributed by atoms with Crippen molar-refractivity contribution in [2.45, 2.75) is 32.4 Å². The lowest BCUT2D eigenvalue weighted by Crippen LogP contribution is -2.47. The Hall–Kier alpha value is -0.690. The Morgan fingerprint density at radius 1 is 1.63 bits per heavy atom. The van der Waals surface area contributed by atoms with E-state index in [-0.39, 0.29) is 22.3 Å². The zero-order valence-electron chi connectivity index (χ0n) is 10.9. The minimum atomic E-state index is -0.326. The summed E-state index contributed by atoms with van der Waals surface area (Å²) in [7, 11) is 0. The van der Waals surface area contributed by atoms with Gasteiger partial charge < -0.3 is 5.73 Å². The van der Waals surface area contributed by atoms with Gasteiger partial charge in [0.05, 0.1) is 4.92 Å². The summed E-state index contributed by atoms with van der Waals surface area (Å²) in [5, 5.41) is 12.8. The second-order valence-corrected chi connectivity index (χ2v) is 5.83. The van der Waals surface area contributed by atoms with Crippen LogP contribution in [0, 0.1) is 16.0 Å². The normalized spacial score (nSPS) is 23.9. The van der Waals surface area contributed by atoms with Crippen molar-refractivity contribution in [2.24, 2.45) is 11.7 Å². The highest BCUT2D eigenvalue weighted by atomic mass is 35.5. The average Bonchev–Trinajstić information content (AvgIpc) is 2.78. The number of nitrogens with zero attached hydrogens (tertiary/aromatic N) is 2. The van der Waals surface area contributed by atoms with Crippen LogP contribution < -0.4 is 5.73 Å². The third kappa shape index (κ3) is 3.89. The topological polar surface area (TPSA) is 72.4 Å². The molecular formula is C12H20ClN3O2S. The van der Waals surface area contributed by atoms with Crippen molar-refractivity contribution >= 4 is 28.7 Å². The number of thiophene rings is 1. The Morgan fingerprint density at radius 2 is 2.37 bits per heavy atom. The van der Waals surface area contributed by atoms with E-state index in [1.165, 1.54) is 24.2 Å². The molecule has 0 spiro atoms. The Morgan fingerprint density at radius 3 is 2.95 bits per heavy atom. The molecular weight excluding hydrogens is 286 g/mol. The molecule has 1 fully saturated rings. The molecule has 1 aromatic heterocycles. The fraction of sp³-hybridized carbons (Fsp3) is 0.667. The van der Waals surface area contributed by atoms with Crippen LogP contribution >= 0.6 is 23.7 Å². The van der Waals surface area contributed by atoms with Gasteiger partial charge in [-0.15, -0.1) is 12.4 Å². The maximum absolute atomic E-state index is 10.7. The van der Waals surface area contributed by atoms with E-state index in [4.69, 9.17) is 5.73 Å². The Balaban J connectivity index is 0.00000180. The number of nitro groups is 1. The summed E-state index contributed by atoms with van der Waals surface area (Å²) in [6, 6.07) is 2.08. The fourth-order valence-electron chi connectivity index (χ4n) is 2.69. The van der Waals surface area contributed by atoms with Gasteiger partial charge in [-0.2, -0.15) is 0 Å². The van der Waals surface area contributed by atoms with E-state index in [0.717, 1.165) is 18.7 Å². The maximum atomic E-state index is 10.7. The Kier molecular flexibility index (Phi) is 6.19. The highest BCUT2D eigenvalue weighted by molar-refractivity contribution is 7.13. The number of likely N-dealkylation sites (tertiary alicyclic amines) is 1. The minimum absolute atomic E-state index is 0. The number of nitrogens with two attached hydrogens (primary N) is 1. The molecule has 2 rings (SSSR count). The third-order valence-corrected chi connectivity index (χ3v) is 4.61. The van der Waals surface area contributed by atoms with Crippen LogP contribution in [0.5, 0.6) is 0 Å². The second kappa shape index (κ2) is 7.19. The van der Waals surface area contributed by atoms with Gasteiger partial charge in [0.2, 0.25) is 0 Å². The zero-order chi connectivity index (χ0) is 13.1. The van der Waals surface area contributed by atoms with Gasteiger partial charge in [-0.05, 0) is 30.9 Å². The molecule has 0 bridgehead atoms. The van der Waals surface area contributed by atoms with Gasteiger partial charge in [0.15, 0.2) is 0 Å². The number of hydrogen-bond donors (Lipinski definition) is 1. The molecule has 108 valence electrons. The van der Waals surface area contributed by atoms with Crippen molar-refractivity contribution in [1.29, 1.82) is 0 Å². The summed E-state index contributed by atoms with van der Waals surface area (Å²) in [6.45, 7) is 4.71. The van der Waals surface area contributed by atoms with Crippen LogP contribution in [0.15, 0.2) is 11.4 Å². The van der Waals surface area contributed by atoms with Crippen LogP contribution in [-0.2, 0) is 6.54 Å². The predicted octanol–water partition coefficient (Wildman–Crippen LogP) is 2.64. The van der Waals surface area contributed by atoms with Crippen molar-refractivity contribution in [3.05, 3.63) is 27.1 Å². The molecule has 19 heavy (non-hydrogen) atoms. The SMILES string of the molecule is CC1CCCN(Cc2csc([N+](=O)[O-])c2)C1CN.Cl. The summed E-state index contributed by atoms with van der Waals surface area (Å²) in [6.07, 6.45) is 2.41. The van der Waals surface area contributed by atoms with E-state index in [1.807, 2.05) is 5.38 Å². The van der Waals surface area contributed by atoms with E-state index in [2.05, 4.69) is 11.8 Å². The highest BCUT2D eigenvalue weighted by Crippen LogP contribution is 2.27. The lowest BCUT2D eigenvalue weighted by atomic mass is 9.90. The molecule has 0 saturated carbocycles. The molecule has 2 unspecified atom stereocenters. The van der Waals surface area contributed by atoms with Gasteiger partial charge in [-0.1, -0.05) is 18.3 Å². The number of hydrogen-bond acceptors (Lipinski definition) is 5. The van der Waals surface area contributed by atoms with Crippen molar-refractivity contribution in [3.8, 4) is 0 Å². The molecule has 1 aliphatic rings. The maximum Gasteiger partial charge on any atom is 0.324 e. The molecule has 0 amide bonds. The lowest BCUT2D eigenvalue weighted by Gasteiger charge is -2.39. The van der Waals surface area contributed by atoms with E-state index in [1.54, 1.807) is 6.07 Å². The first kappa shape index (κ1) is 16.4. The predicted molar refractivity (Wildman–Crippen MR) is 79.9 cm³/mol. The molecule has 1 aliphatic heterocycles. The first-order valence-corrected chi connectivity index (χ1v) is 7.15. The average molecular weight is 306 g/mol. The largest absolute Gasteiger partial charge is 0.329 e. The van der Waals surface area contributed by atoms with Gasteiger partial charge in [-0.25, -0.2) is 0 Å². The summed E-state index contributed by atoms with van der Waals surface area (Å²) in [5.74, 6) is 0.609. The third-order valence-electron chi connectivity index (χ3n) is 3.68. The van der Waals surface area contributed by atoms with Crippen molar-refractivity contribution < 1.29 is 4.92 Å². The standard InChI is InChI=1S/C12H19N3O2S.ClH/c1-9-3-2-4-14(11(9)6-13)7-10-5-12(15(16)17)18-8-10;/h5,8-9,11H,2-4,6-7,13H2,1H3;1H. The summed E-state index contributed by atoms with van der Waals surface area (Å²) in [5.41, 5.74) is 6.87. The molecule has 1 saturated heterocycles. The first-order valence-electron chi connectivity index (χ1n) is 6.27. The van der Waals surface area contributed by atoms with Crippen molar-refractivity contribution in [1.82, 2.24) is 4.90 Å². The summed E-state index contributed by atoms with van der Waals surface area (Å²) >= 11 is 1.20. The van der Waals surface area contributed by atoms with E-state index < -0.39 is 0 Å². The van der Waals surface area contributed by atoms with Gasteiger partial charge in [-0.3, -0.25) is 15.0 Å². The first-order chi connectivity index (χ1) is 8.61. The van der Waals surface area contributed by atoms with Crippen LogP contribution in [0.3, 0.4) is 0 Å². The monoisotopic (exact) mass is 305 g/mol. The highest BCUT2D eigenvalue weighted by Gasteiger charge is 2.27. The molecule has 7 heteroatoms. The van der Waals surface area contributed by atoms with Crippen LogP contribution in [0.2, 0.25) is 0 Å². The van der Waals surface area contributed by atoms with Gasteiger partial charge >= 0.3 is 5.00 Å². The molecule has 0 radical (unpaired) electrons. The number of rotatable bonds is 4. The quantitative estimate of drug-likeness (QED) is 0.685. The van der Waals surface area contributed by atoms with Crippen LogP contribution in [0.4, 0.5) is 5.00 Å². The van der Waals surface area contributed by atoms with E-state index in [9.17, 15) is 10.1 Å². The number of halogens is 1. The Labute approximate surface area is 123 Å². The van der Waals surface area contributed by atoms with Crippen molar-refractivity contribution in [3.63, 3.8) is 0 Å². The second-order valence-electron chi connectivity index (χ2n) is 4.94. The van der Waals surface area contributed by atoms with Gasteiger partial charge in [0, 0.05) is 30.6 Å². The molecule has 5 nitrogen and oxygen atoms in total. The molecule has 0 aliphatic carbocycles. The van der Waals surface area contributed by atoms with Crippen molar-refractivity contribution in [2.75, 3.05) is 13.1 Å². The molecule has 2 N–H and O–H groups in total. The van der Waals surface area contributed by atoms with E-state index >= 15 is 0 Å². The fourth-order valence-corrected chi connectivity index (χ4v) is 3.41. The smallest absolute Gasteiger partial charge is 0.324 e. The van der Waals surface area contributed by atoms with Crippen LogP contribution in [0.25, 0.3) is 0 Å². The van der Waals surface area contributed by atoms with Crippen LogP contribution in [0.1, 0.15) is 25.3 Å².